The smallest absolute Gasteiger partial charge is 0.318 e. The normalized spacial score (nSPS) is 16.5. The Bertz CT molecular complexity index is 342. The molecule has 0 aliphatic carbocycles. The Morgan fingerprint density at radius 2 is 2.20 bits per heavy atom. The molecule has 1 aromatic rings. The van der Waals surface area contributed by atoms with Gasteiger partial charge < -0.3 is 14.4 Å². The van der Waals surface area contributed by atoms with Gasteiger partial charge in [0.1, 0.15) is 5.02 Å². The molecular formula is C9H12ClN3O2. The average Bonchev–Trinajstić information content (AvgIpc) is 2.31. The second-order valence-corrected chi connectivity index (χ2v) is 3.53. The summed E-state index contributed by atoms with van der Waals surface area (Å²) in [4.78, 5) is 10.2. The number of anilines is 1. The highest BCUT2D eigenvalue weighted by molar-refractivity contribution is 6.32. The van der Waals surface area contributed by atoms with Gasteiger partial charge in [0.2, 0.25) is 0 Å². The SMILES string of the molecule is COc1ncc(Cl)c(N2CCOCC2)n1. The summed E-state index contributed by atoms with van der Waals surface area (Å²) >= 11 is 6.02. The molecule has 0 N–H and O–H groups in total. The molecule has 0 unspecified atom stereocenters. The minimum absolute atomic E-state index is 0.334. The lowest BCUT2D eigenvalue weighted by molar-refractivity contribution is 0.122. The summed E-state index contributed by atoms with van der Waals surface area (Å²) in [5.74, 6) is 0.715. The summed E-state index contributed by atoms with van der Waals surface area (Å²) in [6.45, 7) is 2.98. The highest BCUT2D eigenvalue weighted by Crippen LogP contribution is 2.24. The van der Waals surface area contributed by atoms with Crippen LogP contribution >= 0.6 is 11.6 Å². The number of methoxy groups -OCH3 is 1. The minimum atomic E-state index is 0.334. The van der Waals surface area contributed by atoms with Crippen molar-refractivity contribution in [1.29, 1.82) is 0 Å². The summed E-state index contributed by atoms with van der Waals surface area (Å²) in [6.07, 6.45) is 1.55. The number of rotatable bonds is 2. The fraction of sp³-hybridized carbons (Fsp3) is 0.556. The highest BCUT2D eigenvalue weighted by Gasteiger charge is 2.16. The highest BCUT2D eigenvalue weighted by atomic mass is 35.5. The topological polar surface area (TPSA) is 47.5 Å². The summed E-state index contributed by atoms with van der Waals surface area (Å²) < 4.78 is 10.2. The predicted octanol–water partition coefficient (Wildman–Crippen LogP) is 0.975. The lowest BCUT2D eigenvalue weighted by Gasteiger charge is -2.28. The molecule has 2 heterocycles. The summed E-state index contributed by atoms with van der Waals surface area (Å²) in [5.41, 5.74) is 0. The third kappa shape index (κ3) is 2.30. The molecule has 0 radical (unpaired) electrons. The molecule has 2 rings (SSSR count). The molecule has 0 amide bonds. The van der Waals surface area contributed by atoms with Crippen molar-refractivity contribution in [3.05, 3.63) is 11.2 Å². The zero-order valence-electron chi connectivity index (χ0n) is 8.44. The van der Waals surface area contributed by atoms with Gasteiger partial charge in [-0.3, -0.25) is 0 Å². The molecule has 1 aliphatic heterocycles. The summed E-state index contributed by atoms with van der Waals surface area (Å²) in [6, 6.07) is 0.334. The van der Waals surface area contributed by atoms with Gasteiger partial charge in [-0.05, 0) is 0 Å². The lowest BCUT2D eigenvalue weighted by Crippen LogP contribution is -2.37. The fourth-order valence-corrected chi connectivity index (χ4v) is 1.65. The summed E-state index contributed by atoms with van der Waals surface area (Å²) in [5, 5.41) is 0.540. The molecule has 1 fully saturated rings. The van der Waals surface area contributed by atoms with Gasteiger partial charge in [0.15, 0.2) is 5.82 Å². The number of hydrogen-bond donors (Lipinski definition) is 0. The monoisotopic (exact) mass is 229 g/mol. The van der Waals surface area contributed by atoms with E-state index in [2.05, 4.69) is 14.9 Å². The van der Waals surface area contributed by atoms with Crippen molar-refractivity contribution in [1.82, 2.24) is 9.97 Å². The van der Waals surface area contributed by atoms with E-state index in [9.17, 15) is 0 Å². The Balaban J connectivity index is 2.24. The van der Waals surface area contributed by atoms with Crippen molar-refractivity contribution < 1.29 is 9.47 Å². The number of nitrogens with zero attached hydrogens (tertiary/aromatic N) is 3. The van der Waals surface area contributed by atoms with Crippen molar-refractivity contribution in [3.63, 3.8) is 0 Å². The summed E-state index contributed by atoms with van der Waals surface area (Å²) in [7, 11) is 1.53. The Kier molecular flexibility index (Phi) is 3.23. The van der Waals surface area contributed by atoms with Crippen LogP contribution in [0.4, 0.5) is 5.82 Å². The zero-order valence-corrected chi connectivity index (χ0v) is 9.20. The van der Waals surface area contributed by atoms with Gasteiger partial charge in [-0.25, -0.2) is 4.98 Å². The molecule has 15 heavy (non-hydrogen) atoms. The number of ether oxygens (including phenoxy) is 2. The maximum absolute atomic E-state index is 6.02. The Hall–Kier alpha value is -1.07. The van der Waals surface area contributed by atoms with Gasteiger partial charge in [-0.1, -0.05) is 11.6 Å². The first-order chi connectivity index (χ1) is 7.31. The molecular weight excluding hydrogens is 218 g/mol. The van der Waals surface area contributed by atoms with Crippen molar-refractivity contribution >= 4 is 17.4 Å². The van der Waals surface area contributed by atoms with Crippen molar-refractivity contribution in [2.45, 2.75) is 0 Å². The molecule has 1 saturated heterocycles. The second kappa shape index (κ2) is 4.63. The number of aromatic nitrogens is 2. The quantitative estimate of drug-likeness (QED) is 0.757. The van der Waals surface area contributed by atoms with Crippen LogP contribution in [0.5, 0.6) is 6.01 Å². The lowest BCUT2D eigenvalue weighted by atomic mass is 10.4. The van der Waals surface area contributed by atoms with Gasteiger partial charge in [0, 0.05) is 13.1 Å². The molecule has 0 aromatic carbocycles. The average molecular weight is 230 g/mol. The maximum Gasteiger partial charge on any atom is 0.318 e. The first kappa shape index (κ1) is 10.4. The van der Waals surface area contributed by atoms with Crippen LogP contribution in [0, 0.1) is 0 Å². The van der Waals surface area contributed by atoms with Gasteiger partial charge in [-0.2, -0.15) is 4.98 Å². The van der Waals surface area contributed by atoms with E-state index in [-0.39, 0.29) is 0 Å². The zero-order chi connectivity index (χ0) is 10.7. The van der Waals surface area contributed by atoms with E-state index in [4.69, 9.17) is 21.1 Å². The molecule has 0 bridgehead atoms. The molecule has 1 aliphatic rings. The van der Waals surface area contributed by atoms with Crippen LogP contribution in [0.25, 0.3) is 0 Å². The molecule has 1 aromatic heterocycles. The Morgan fingerprint density at radius 3 is 2.87 bits per heavy atom. The maximum atomic E-state index is 6.02. The minimum Gasteiger partial charge on any atom is -0.467 e. The van der Waals surface area contributed by atoms with Crippen LogP contribution in [0.3, 0.4) is 0 Å². The fourth-order valence-electron chi connectivity index (χ4n) is 1.44. The van der Waals surface area contributed by atoms with Crippen LogP contribution in [-0.4, -0.2) is 43.4 Å². The standard InChI is InChI=1S/C9H12ClN3O2/c1-14-9-11-6-7(10)8(12-9)13-2-4-15-5-3-13/h6H,2-5H2,1H3. The van der Waals surface area contributed by atoms with E-state index in [1.54, 1.807) is 6.20 Å². The molecule has 6 heteroatoms. The van der Waals surface area contributed by atoms with Gasteiger partial charge >= 0.3 is 6.01 Å². The van der Waals surface area contributed by atoms with Crippen molar-refractivity contribution in [2.24, 2.45) is 0 Å². The van der Waals surface area contributed by atoms with E-state index in [0.717, 1.165) is 13.1 Å². The van der Waals surface area contributed by atoms with E-state index in [1.807, 2.05) is 0 Å². The third-order valence-electron chi connectivity index (χ3n) is 2.20. The van der Waals surface area contributed by atoms with Crippen LogP contribution in [0.15, 0.2) is 6.20 Å². The predicted molar refractivity (Wildman–Crippen MR) is 56.6 cm³/mol. The first-order valence-electron chi connectivity index (χ1n) is 4.70. The van der Waals surface area contributed by atoms with Crippen LogP contribution < -0.4 is 9.64 Å². The first-order valence-corrected chi connectivity index (χ1v) is 5.08. The largest absolute Gasteiger partial charge is 0.467 e. The van der Waals surface area contributed by atoms with Crippen LogP contribution in [0.2, 0.25) is 5.02 Å². The third-order valence-corrected chi connectivity index (χ3v) is 2.46. The molecule has 5 nitrogen and oxygen atoms in total. The second-order valence-electron chi connectivity index (χ2n) is 3.13. The van der Waals surface area contributed by atoms with Gasteiger partial charge in [0.25, 0.3) is 0 Å². The Morgan fingerprint density at radius 1 is 1.47 bits per heavy atom. The van der Waals surface area contributed by atoms with E-state index in [0.29, 0.717) is 30.1 Å². The van der Waals surface area contributed by atoms with E-state index in [1.165, 1.54) is 7.11 Å². The number of hydrogen-bond acceptors (Lipinski definition) is 5. The van der Waals surface area contributed by atoms with Gasteiger partial charge in [0.05, 0.1) is 26.5 Å². The van der Waals surface area contributed by atoms with Crippen LogP contribution in [-0.2, 0) is 4.74 Å². The van der Waals surface area contributed by atoms with E-state index < -0.39 is 0 Å². The number of halogens is 1. The van der Waals surface area contributed by atoms with Crippen LogP contribution in [0.1, 0.15) is 0 Å². The molecule has 0 spiro atoms. The number of morpholine rings is 1. The van der Waals surface area contributed by atoms with Crippen molar-refractivity contribution in [2.75, 3.05) is 38.3 Å². The molecule has 0 atom stereocenters. The van der Waals surface area contributed by atoms with Crippen molar-refractivity contribution in [3.8, 4) is 6.01 Å². The van der Waals surface area contributed by atoms with Gasteiger partial charge in [-0.15, -0.1) is 0 Å². The molecule has 0 saturated carbocycles. The molecule has 82 valence electrons. The Labute approximate surface area is 93.0 Å². The van der Waals surface area contributed by atoms with E-state index >= 15 is 0 Å².